The third kappa shape index (κ3) is 2.51. The molecule has 0 fully saturated rings. The van der Waals surface area contributed by atoms with Crippen LogP contribution in [0.5, 0.6) is 5.75 Å². The molecular weight excluding hydrogens is 248 g/mol. The van der Waals surface area contributed by atoms with Gasteiger partial charge in [0.1, 0.15) is 11.6 Å². The van der Waals surface area contributed by atoms with E-state index in [0.29, 0.717) is 5.88 Å². The van der Waals surface area contributed by atoms with Gasteiger partial charge in [0.05, 0.1) is 7.11 Å². The van der Waals surface area contributed by atoms with Crippen LogP contribution in [0.4, 0.5) is 5.82 Å². The Morgan fingerprint density at radius 3 is 2.83 bits per heavy atom. The summed E-state index contributed by atoms with van der Waals surface area (Å²) in [5, 5.41) is 2.26. The Morgan fingerprint density at radius 2 is 2.17 bits per heavy atom. The molecule has 2 aromatic rings. The zero-order chi connectivity index (χ0) is 13.0. The Labute approximate surface area is 112 Å². The average molecular weight is 265 g/mol. The molecule has 18 heavy (non-hydrogen) atoms. The molecule has 0 spiro atoms. The van der Waals surface area contributed by atoms with Crippen molar-refractivity contribution in [3.8, 4) is 5.75 Å². The lowest BCUT2D eigenvalue weighted by atomic mass is 10.1. The Hall–Kier alpha value is -1.48. The molecule has 2 rings (SSSR count). The van der Waals surface area contributed by atoms with Crippen LogP contribution in [0.1, 0.15) is 6.92 Å². The molecule has 0 amide bonds. The van der Waals surface area contributed by atoms with Crippen LogP contribution in [0.3, 0.4) is 0 Å². The minimum atomic E-state index is 0.599. The van der Waals surface area contributed by atoms with E-state index in [1.165, 1.54) is 0 Å². The number of alkyl halides is 1. The van der Waals surface area contributed by atoms with Crippen LogP contribution < -0.4 is 9.64 Å². The molecule has 0 saturated heterocycles. The zero-order valence-electron chi connectivity index (χ0n) is 10.7. The van der Waals surface area contributed by atoms with Gasteiger partial charge in [-0.15, -0.1) is 11.6 Å². The third-order valence-corrected chi connectivity index (χ3v) is 3.16. The summed E-state index contributed by atoms with van der Waals surface area (Å²) in [6.07, 6.45) is 1.83. The smallest absolute Gasteiger partial charge is 0.136 e. The van der Waals surface area contributed by atoms with E-state index >= 15 is 0 Å². The molecule has 0 saturated carbocycles. The van der Waals surface area contributed by atoms with Gasteiger partial charge in [-0.05, 0) is 36.6 Å². The first kappa shape index (κ1) is 13.0. The number of benzene rings is 1. The van der Waals surface area contributed by atoms with E-state index in [-0.39, 0.29) is 0 Å². The molecule has 0 aliphatic heterocycles. The molecule has 0 aliphatic rings. The van der Waals surface area contributed by atoms with E-state index in [9.17, 15) is 0 Å². The number of fused-ring (bicyclic) bond motifs is 1. The number of anilines is 1. The van der Waals surface area contributed by atoms with Crippen LogP contribution in [-0.4, -0.2) is 31.1 Å². The largest absolute Gasteiger partial charge is 0.497 e. The van der Waals surface area contributed by atoms with Crippen molar-refractivity contribution in [3.05, 3.63) is 30.5 Å². The van der Waals surface area contributed by atoms with Crippen molar-refractivity contribution in [2.75, 3.05) is 31.0 Å². The van der Waals surface area contributed by atoms with Crippen LogP contribution in [0, 0.1) is 0 Å². The van der Waals surface area contributed by atoms with E-state index in [0.717, 1.165) is 35.4 Å². The maximum Gasteiger partial charge on any atom is 0.136 e. The van der Waals surface area contributed by atoms with E-state index in [2.05, 4.69) is 16.8 Å². The number of hydrogen-bond acceptors (Lipinski definition) is 3. The highest BCUT2D eigenvalue weighted by molar-refractivity contribution is 6.18. The number of halogens is 1. The summed E-state index contributed by atoms with van der Waals surface area (Å²) in [6, 6.07) is 8.03. The van der Waals surface area contributed by atoms with Crippen LogP contribution >= 0.6 is 11.6 Å². The first-order chi connectivity index (χ1) is 8.80. The van der Waals surface area contributed by atoms with Crippen molar-refractivity contribution in [1.29, 1.82) is 0 Å². The first-order valence-electron chi connectivity index (χ1n) is 6.03. The number of nitrogens with zero attached hydrogens (tertiary/aromatic N) is 2. The second-order valence-corrected chi connectivity index (χ2v) is 4.37. The normalized spacial score (nSPS) is 10.6. The molecular formula is C14H17ClN2O. The SMILES string of the molecule is CCN(CCCl)c1nccc2cc(OC)ccc12. The molecule has 0 atom stereocenters. The fourth-order valence-corrected chi connectivity index (χ4v) is 2.24. The van der Waals surface area contributed by atoms with Crippen molar-refractivity contribution in [1.82, 2.24) is 4.98 Å². The number of hydrogen-bond donors (Lipinski definition) is 0. The summed E-state index contributed by atoms with van der Waals surface area (Å²) in [5.74, 6) is 2.44. The van der Waals surface area contributed by atoms with Crippen molar-refractivity contribution < 1.29 is 4.74 Å². The molecule has 0 N–H and O–H groups in total. The lowest BCUT2D eigenvalue weighted by molar-refractivity contribution is 0.415. The average Bonchev–Trinajstić information content (AvgIpc) is 2.43. The van der Waals surface area contributed by atoms with Crippen LogP contribution in [0.15, 0.2) is 30.5 Å². The first-order valence-corrected chi connectivity index (χ1v) is 6.57. The van der Waals surface area contributed by atoms with Gasteiger partial charge in [0, 0.05) is 30.6 Å². The Morgan fingerprint density at radius 1 is 1.33 bits per heavy atom. The number of pyridine rings is 1. The highest BCUT2D eigenvalue weighted by Crippen LogP contribution is 2.27. The fourth-order valence-electron chi connectivity index (χ4n) is 2.03. The lowest BCUT2D eigenvalue weighted by Gasteiger charge is -2.22. The van der Waals surface area contributed by atoms with Crippen LogP contribution in [0.2, 0.25) is 0 Å². The van der Waals surface area contributed by atoms with Gasteiger partial charge in [0.2, 0.25) is 0 Å². The molecule has 0 unspecified atom stereocenters. The van der Waals surface area contributed by atoms with Crippen molar-refractivity contribution >= 4 is 28.2 Å². The van der Waals surface area contributed by atoms with Crippen molar-refractivity contribution in [3.63, 3.8) is 0 Å². The van der Waals surface area contributed by atoms with Gasteiger partial charge in [0.15, 0.2) is 0 Å². The summed E-state index contributed by atoms with van der Waals surface area (Å²) in [6.45, 7) is 3.80. The summed E-state index contributed by atoms with van der Waals surface area (Å²) in [5.41, 5.74) is 0. The molecule has 96 valence electrons. The van der Waals surface area contributed by atoms with Gasteiger partial charge in [-0.2, -0.15) is 0 Å². The predicted molar refractivity (Wildman–Crippen MR) is 76.9 cm³/mol. The highest BCUT2D eigenvalue weighted by Gasteiger charge is 2.09. The topological polar surface area (TPSA) is 25.4 Å². The molecule has 1 heterocycles. The van der Waals surface area contributed by atoms with Crippen molar-refractivity contribution in [2.45, 2.75) is 6.92 Å². The molecule has 0 aliphatic carbocycles. The predicted octanol–water partition coefficient (Wildman–Crippen LogP) is 3.31. The van der Waals surface area contributed by atoms with Gasteiger partial charge < -0.3 is 9.64 Å². The second-order valence-electron chi connectivity index (χ2n) is 3.99. The highest BCUT2D eigenvalue weighted by atomic mass is 35.5. The Kier molecular flexibility index (Phi) is 4.26. The fraction of sp³-hybridized carbons (Fsp3) is 0.357. The quantitative estimate of drug-likeness (QED) is 0.775. The summed E-state index contributed by atoms with van der Waals surface area (Å²) < 4.78 is 5.24. The van der Waals surface area contributed by atoms with Gasteiger partial charge in [-0.1, -0.05) is 0 Å². The second kappa shape index (κ2) is 5.91. The van der Waals surface area contributed by atoms with E-state index in [1.54, 1.807) is 7.11 Å². The molecule has 3 nitrogen and oxygen atoms in total. The molecule has 0 bridgehead atoms. The standard InChI is InChI=1S/C14H17ClN2O/c1-3-17(9-7-15)14-13-5-4-12(18-2)10-11(13)6-8-16-14/h4-6,8,10H,3,7,9H2,1-2H3. The van der Waals surface area contributed by atoms with E-state index < -0.39 is 0 Å². The minimum absolute atomic E-state index is 0.599. The number of methoxy groups -OCH3 is 1. The number of rotatable bonds is 5. The van der Waals surface area contributed by atoms with Gasteiger partial charge in [-0.25, -0.2) is 4.98 Å². The zero-order valence-corrected chi connectivity index (χ0v) is 11.4. The lowest BCUT2D eigenvalue weighted by Crippen LogP contribution is -2.26. The third-order valence-electron chi connectivity index (χ3n) is 2.99. The molecule has 1 aromatic heterocycles. The van der Waals surface area contributed by atoms with E-state index in [1.807, 2.05) is 30.5 Å². The van der Waals surface area contributed by atoms with Crippen LogP contribution in [-0.2, 0) is 0 Å². The van der Waals surface area contributed by atoms with Crippen LogP contribution in [0.25, 0.3) is 10.8 Å². The number of ether oxygens (including phenoxy) is 1. The summed E-state index contributed by atoms with van der Waals surface area (Å²) in [7, 11) is 1.68. The maximum atomic E-state index is 5.83. The summed E-state index contributed by atoms with van der Waals surface area (Å²) >= 11 is 5.83. The van der Waals surface area contributed by atoms with Crippen molar-refractivity contribution in [2.24, 2.45) is 0 Å². The Bertz CT molecular complexity index is 530. The summed E-state index contributed by atoms with van der Waals surface area (Å²) in [4.78, 5) is 6.66. The monoisotopic (exact) mass is 264 g/mol. The van der Waals surface area contributed by atoms with Gasteiger partial charge in [-0.3, -0.25) is 0 Å². The van der Waals surface area contributed by atoms with Gasteiger partial charge in [0.25, 0.3) is 0 Å². The minimum Gasteiger partial charge on any atom is -0.497 e. The molecule has 0 radical (unpaired) electrons. The molecule has 4 heteroatoms. The Balaban J connectivity index is 2.50. The maximum absolute atomic E-state index is 5.83. The molecule has 1 aromatic carbocycles. The number of aromatic nitrogens is 1. The van der Waals surface area contributed by atoms with Gasteiger partial charge >= 0.3 is 0 Å². The van der Waals surface area contributed by atoms with E-state index in [4.69, 9.17) is 16.3 Å².